The molecular weight excluding hydrogens is 484 g/mol. The number of aliphatic carboxylic acids is 1. The van der Waals surface area contributed by atoms with E-state index >= 15 is 0 Å². The minimum Gasteiger partial charge on any atom is -0.489 e. The number of fused-ring (bicyclic) bond motifs is 3. The van der Waals surface area contributed by atoms with E-state index in [2.05, 4.69) is 0 Å². The Morgan fingerprint density at radius 3 is 1.95 bits per heavy atom. The molecule has 1 N–H and O–H groups in total. The van der Waals surface area contributed by atoms with Crippen molar-refractivity contribution in [1.82, 2.24) is 0 Å². The number of ether oxygens (including phenoxy) is 5. The van der Waals surface area contributed by atoms with Gasteiger partial charge in [-0.3, -0.25) is 4.79 Å². The number of rotatable bonds is 6. The fraction of sp³-hybridized carbons (Fsp3) is 0.194. The largest absolute Gasteiger partial charge is 0.489 e. The average Bonchev–Trinajstić information content (AvgIpc) is 3.68. The van der Waals surface area contributed by atoms with Gasteiger partial charge in [0.15, 0.2) is 23.0 Å². The summed E-state index contributed by atoms with van der Waals surface area (Å²) in [6.45, 7) is 0.728. The van der Waals surface area contributed by atoms with Gasteiger partial charge in [-0.1, -0.05) is 48.5 Å². The average molecular weight is 509 g/mol. The molecule has 0 spiro atoms. The van der Waals surface area contributed by atoms with Gasteiger partial charge in [-0.25, -0.2) is 0 Å². The molecule has 0 fully saturated rings. The van der Waals surface area contributed by atoms with E-state index in [4.69, 9.17) is 23.7 Å². The van der Waals surface area contributed by atoms with Gasteiger partial charge in [0.05, 0.1) is 5.92 Å². The third kappa shape index (κ3) is 3.78. The summed E-state index contributed by atoms with van der Waals surface area (Å²) < 4.78 is 28.4. The topological polar surface area (TPSA) is 83.5 Å². The molecule has 190 valence electrons. The molecule has 7 rings (SSSR count). The first-order chi connectivity index (χ1) is 18.7. The van der Waals surface area contributed by atoms with Crippen molar-refractivity contribution in [2.45, 2.75) is 18.4 Å². The highest BCUT2D eigenvalue weighted by atomic mass is 16.7. The molecule has 0 bridgehead atoms. The van der Waals surface area contributed by atoms with Crippen molar-refractivity contribution in [1.29, 1.82) is 0 Å². The summed E-state index contributed by atoms with van der Waals surface area (Å²) >= 11 is 0. The van der Waals surface area contributed by atoms with Crippen LogP contribution >= 0.6 is 0 Å². The van der Waals surface area contributed by atoms with E-state index < -0.39 is 23.7 Å². The molecule has 0 amide bonds. The van der Waals surface area contributed by atoms with E-state index in [1.807, 2.05) is 84.9 Å². The Labute approximate surface area is 219 Å². The molecule has 4 aromatic rings. The lowest BCUT2D eigenvalue weighted by atomic mass is 9.79. The lowest BCUT2D eigenvalue weighted by Gasteiger charge is -2.23. The first kappa shape index (κ1) is 22.5. The van der Waals surface area contributed by atoms with Crippen LogP contribution in [0.5, 0.6) is 28.7 Å². The van der Waals surface area contributed by atoms with Crippen LogP contribution < -0.4 is 23.7 Å². The van der Waals surface area contributed by atoms with Gasteiger partial charge in [0.2, 0.25) is 13.6 Å². The summed E-state index contributed by atoms with van der Waals surface area (Å²) in [5, 5.41) is 10.6. The van der Waals surface area contributed by atoms with E-state index in [-0.39, 0.29) is 13.6 Å². The zero-order chi connectivity index (χ0) is 25.6. The minimum atomic E-state index is -0.877. The first-order valence-electron chi connectivity index (χ1n) is 12.5. The molecule has 4 aromatic carbocycles. The fourth-order valence-corrected chi connectivity index (χ4v) is 5.79. The van der Waals surface area contributed by atoms with Crippen LogP contribution in [-0.4, -0.2) is 24.7 Å². The molecule has 0 radical (unpaired) electrons. The van der Waals surface area contributed by atoms with Crippen molar-refractivity contribution < 1.29 is 33.6 Å². The van der Waals surface area contributed by atoms with Gasteiger partial charge in [0.1, 0.15) is 12.4 Å². The second-order valence-corrected chi connectivity index (χ2v) is 9.61. The molecular formula is C31H24O7. The van der Waals surface area contributed by atoms with Crippen LogP contribution in [0.1, 0.15) is 39.7 Å². The molecule has 38 heavy (non-hydrogen) atoms. The number of benzene rings is 4. The smallest absolute Gasteiger partial charge is 0.308 e. The summed E-state index contributed by atoms with van der Waals surface area (Å²) in [6.07, 6.45) is 0. The molecule has 7 nitrogen and oxygen atoms in total. The quantitative estimate of drug-likeness (QED) is 0.358. The number of carboxylic acids is 1. The van der Waals surface area contributed by atoms with Crippen LogP contribution in [0, 0.1) is 5.92 Å². The molecule has 3 aliphatic rings. The normalized spacial score (nSPS) is 20.3. The number of hydrogen-bond acceptors (Lipinski definition) is 6. The van der Waals surface area contributed by atoms with Crippen molar-refractivity contribution in [3.05, 3.63) is 113 Å². The number of carbonyl (C=O) groups is 1. The van der Waals surface area contributed by atoms with Gasteiger partial charge in [0, 0.05) is 11.8 Å². The van der Waals surface area contributed by atoms with Gasteiger partial charge in [0.25, 0.3) is 0 Å². The zero-order valence-corrected chi connectivity index (χ0v) is 20.3. The molecule has 7 heteroatoms. The van der Waals surface area contributed by atoms with Crippen LogP contribution in [0.2, 0.25) is 0 Å². The van der Waals surface area contributed by atoms with Gasteiger partial charge in [-0.2, -0.15) is 0 Å². The first-order valence-corrected chi connectivity index (χ1v) is 12.5. The predicted molar refractivity (Wildman–Crippen MR) is 137 cm³/mol. The minimum absolute atomic E-state index is 0.152. The Kier molecular flexibility index (Phi) is 5.35. The summed E-state index contributed by atoms with van der Waals surface area (Å²) in [5.74, 6) is 0.811. The van der Waals surface area contributed by atoms with Gasteiger partial charge < -0.3 is 28.8 Å². The predicted octanol–water partition coefficient (Wildman–Crippen LogP) is 5.70. The number of hydrogen-bond donors (Lipinski definition) is 1. The van der Waals surface area contributed by atoms with Crippen LogP contribution in [0.25, 0.3) is 0 Å². The molecule has 3 atom stereocenters. The maximum atomic E-state index is 13.0. The molecule has 0 saturated carbocycles. The third-order valence-corrected chi connectivity index (χ3v) is 7.49. The Hall–Kier alpha value is -4.65. The van der Waals surface area contributed by atoms with Crippen molar-refractivity contribution in [3.8, 4) is 28.7 Å². The van der Waals surface area contributed by atoms with Crippen LogP contribution in [-0.2, 0) is 11.4 Å². The molecule has 1 aliphatic carbocycles. The number of carboxylic acid groups (broad SMARTS) is 1. The summed E-state index contributed by atoms with van der Waals surface area (Å²) in [7, 11) is 0. The molecule has 0 aromatic heterocycles. The zero-order valence-electron chi connectivity index (χ0n) is 20.3. The lowest BCUT2D eigenvalue weighted by molar-refractivity contribution is -0.142. The highest BCUT2D eigenvalue weighted by Gasteiger charge is 2.47. The van der Waals surface area contributed by atoms with Crippen LogP contribution in [0.15, 0.2) is 84.9 Å². The fourth-order valence-electron chi connectivity index (χ4n) is 5.79. The molecule has 3 unspecified atom stereocenters. The Balaban J connectivity index is 1.34. The van der Waals surface area contributed by atoms with Crippen molar-refractivity contribution in [2.75, 3.05) is 13.6 Å². The summed E-state index contributed by atoms with van der Waals surface area (Å²) in [4.78, 5) is 13.0. The molecule has 2 aliphatic heterocycles. The standard InChI is InChI=1S/C31H24O7/c32-31(33)30-28(19-6-10-24-26(12-19)37-16-35-24)22-9-8-21(34-15-18-4-2-1-3-5-18)14-23(22)29(30)20-7-11-25-27(13-20)38-17-36-25/h1-14,28-30H,15-17H2,(H,32,33). The maximum Gasteiger partial charge on any atom is 0.308 e. The maximum absolute atomic E-state index is 13.0. The third-order valence-electron chi connectivity index (χ3n) is 7.49. The van der Waals surface area contributed by atoms with Gasteiger partial charge in [-0.05, 0) is 64.2 Å². The van der Waals surface area contributed by atoms with E-state index in [1.165, 1.54) is 0 Å². The molecule has 2 heterocycles. The van der Waals surface area contributed by atoms with Crippen molar-refractivity contribution in [3.63, 3.8) is 0 Å². The SMILES string of the molecule is O=C(O)C1C(c2ccc3c(c2)OCO3)c2ccc(OCc3ccccc3)cc2C1c1ccc2c(c1)OCO2. The van der Waals surface area contributed by atoms with Crippen molar-refractivity contribution >= 4 is 5.97 Å². The highest BCUT2D eigenvalue weighted by molar-refractivity contribution is 5.78. The van der Waals surface area contributed by atoms with E-state index in [0.717, 1.165) is 27.8 Å². The Bertz CT molecular complexity index is 1530. The second-order valence-electron chi connectivity index (χ2n) is 9.61. The lowest BCUT2D eigenvalue weighted by Crippen LogP contribution is -2.24. The van der Waals surface area contributed by atoms with Gasteiger partial charge >= 0.3 is 5.97 Å². The summed E-state index contributed by atoms with van der Waals surface area (Å²) in [5.41, 5.74) is 4.65. The highest BCUT2D eigenvalue weighted by Crippen LogP contribution is 2.55. The van der Waals surface area contributed by atoms with E-state index in [9.17, 15) is 9.90 Å². The second kappa shape index (κ2) is 9.03. The Morgan fingerprint density at radius 2 is 1.32 bits per heavy atom. The van der Waals surface area contributed by atoms with Gasteiger partial charge in [-0.15, -0.1) is 0 Å². The van der Waals surface area contributed by atoms with E-state index in [1.54, 1.807) is 0 Å². The van der Waals surface area contributed by atoms with Crippen LogP contribution in [0.4, 0.5) is 0 Å². The van der Waals surface area contributed by atoms with E-state index in [0.29, 0.717) is 35.4 Å². The van der Waals surface area contributed by atoms with Crippen LogP contribution in [0.3, 0.4) is 0 Å². The monoisotopic (exact) mass is 508 g/mol. The summed E-state index contributed by atoms with van der Waals surface area (Å²) in [6, 6.07) is 27.2. The molecule has 0 saturated heterocycles. The Morgan fingerprint density at radius 1 is 0.711 bits per heavy atom. The van der Waals surface area contributed by atoms with Crippen molar-refractivity contribution in [2.24, 2.45) is 5.92 Å².